The molecule has 123 valence electrons. The van der Waals surface area contributed by atoms with E-state index in [1.165, 1.54) is 0 Å². The third kappa shape index (κ3) is 3.62. The Bertz CT molecular complexity index is 824. The Morgan fingerprint density at radius 1 is 1.12 bits per heavy atom. The molecule has 4 heteroatoms. The van der Waals surface area contributed by atoms with Gasteiger partial charge in [0, 0.05) is 22.2 Å². The maximum atomic E-state index is 5.98. The monoisotopic (exact) mass is 339 g/mol. The summed E-state index contributed by atoms with van der Waals surface area (Å²) in [7, 11) is 0. The van der Waals surface area contributed by atoms with Gasteiger partial charge < -0.3 is 9.72 Å². The molecule has 1 radical (unpaired) electrons. The highest BCUT2D eigenvalue weighted by Crippen LogP contribution is 2.29. The van der Waals surface area contributed by atoms with E-state index in [0.717, 1.165) is 34.1 Å². The number of H-pyrrole nitrogens is 1. The van der Waals surface area contributed by atoms with Gasteiger partial charge in [0.05, 0.1) is 12.3 Å². The van der Waals surface area contributed by atoms with Gasteiger partial charge in [0.2, 0.25) is 0 Å². The summed E-state index contributed by atoms with van der Waals surface area (Å²) in [5.74, 6) is 1.69. The number of hydrogen-bond donors (Lipinski definition) is 1. The lowest BCUT2D eigenvalue weighted by Gasteiger charge is -2.15. The lowest BCUT2D eigenvalue weighted by molar-refractivity contribution is 0.302. The van der Waals surface area contributed by atoms with Crippen LogP contribution in [0.3, 0.4) is 0 Å². The van der Waals surface area contributed by atoms with Crippen LogP contribution in [-0.4, -0.2) is 16.6 Å². The first-order valence-corrected chi connectivity index (χ1v) is 8.26. The molecule has 0 aliphatic carbocycles. The molecular formula is C20H20ClN2O. The van der Waals surface area contributed by atoms with E-state index in [2.05, 4.69) is 16.9 Å². The van der Waals surface area contributed by atoms with Crippen LogP contribution in [0.25, 0.3) is 11.3 Å². The molecule has 1 aromatic heterocycles. The van der Waals surface area contributed by atoms with Gasteiger partial charge in [0.1, 0.15) is 11.6 Å². The van der Waals surface area contributed by atoms with Crippen LogP contribution in [0.15, 0.2) is 48.5 Å². The molecule has 0 fully saturated rings. The molecule has 0 amide bonds. The number of para-hydroxylation sites is 1. The number of hydrogen-bond acceptors (Lipinski definition) is 2. The van der Waals surface area contributed by atoms with Gasteiger partial charge >= 0.3 is 0 Å². The van der Waals surface area contributed by atoms with Crippen LogP contribution in [0.1, 0.15) is 23.0 Å². The van der Waals surface area contributed by atoms with Crippen LogP contribution in [0.2, 0.25) is 5.02 Å². The molecule has 1 N–H and O–H groups in total. The van der Waals surface area contributed by atoms with Gasteiger partial charge in [0.15, 0.2) is 0 Å². The number of rotatable bonds is 5. The summed E-state index contributed by atoms with van der Waals surface area (Å²) in [6, 6.07) is 15.7. The maximum absolute atomic E-state index is 5.98. The summed E-state index contributed by atoms with van der Waals surface area (Å²) in [5.41, 5.74) is 4.01. The quantitative estimate of drug-likeness (QED) is 0.681. The molecule has 3 nitrogen and oxygen atoms in total. The molecule has 1 atom stereocenters. The van der Waals surface area contributed by atoms with E-state index < -0.39 is 0 Å². The molecule has 24 heavy (non-hydrogen) atoms. The fraction of sp³-hybridized carbons (Fsp3) is 0.200. The van der Waals surface area contributed by atoms with Crippen molar-refractivity contribution in [1.82, 2.24) is 9.97 Å². The first kappa shape index (κ1) is 16.6. The van der Waals surface area contributed by atoms with Gasteiger partial charge in [-0.1, -0.05) is 41.9 Å². The Hall–Kier alpha value is -2.26. The molecular weight excluding hydrogens is 320 g/mol. The molecule has 0 spiro atoms. The Morgan fingerprint density at radius 2 is 1.83 bits per heavy atom. The summed E-state index contributed by atoms with van der Waals surface area (Å²) >= 11 is 5.98. The number of imidazole rings is 1. The van der Waals surface area contributed by atoms with Crippen molar-refractivity contribution in [2.24, 2.45) is 0 Å². The zero-order valence-corrected chi connectivity index (χ0v) is 14.6. The van der Waals surface area contributed by atoms with E-state index in [9.17, 15) is 0 Å². The van der Waals surface area contributed by atoms with Gasteiger partial charge in [0.25, 0.3) is 0 Å². The standard InChI is InChI=1S/C20H20ClN2O/c1-13-6-4-5-7-18(13)24-12-14(2)19-20(23-15(3)22-19)16-8-10-17(21)11-9-16/h4-11,14H,2,12H2,1,3H3,(H,22,23). The number of nitrogens with one attached hydrogen (secondary N) is 1. The summed E-state index contributed by atoms with van der Waals surface area (Å²) in [4.78, 5) is 7.93. The predicted octanol–water partition coefficient (Wildman–Crippen LogP) is 5.34. The molecule has 3 rings (SSSR count). The average molecular weight is 340 g/mol. The molecule has 0 saturated carbocycles. The second-order valence-electron chi connectivity index (χ2n) is 5.86. The number of nitrogens with zero attached hydrogens (tertiary/aromatic N) is 1. The number of benzene rings is 2. The second-order valence-corrected chi connectivity index (χ2v) is 6.30. The molecule has 0 aliphatic heterocycles. The lowest BCUT2D eigenvalue weighted by Crippen LogP contribution is -2.09. The van der Waals surface area contributed by atoms with Crippen LogP contribution in [-0.2, 0) is 0 Å². The van der Waals surface area contributed by atoms with Crippen molar-refractivity contribution in [3.63, 3.8) is 0 Å². The van der Waals surface area contributed by atoms with Gasteiger partial charge in [-0.15, -0.1) is 0 Å². The predicted molar refractivity (Wildman–Crippen MR) is 98.5 cm³/mol. The van der Waals surface area contributed by atoms with Crippen LogP contribution < -0.4 is 4.74 Å². The maximum Gasteiger partial charge on any atom is 0.122 e. The van der Waals surface area contributed by atoms with Gasteiger partial charge in [-0.3, -0.25) is 0 Å². The Kier molecular flexibility index (Phi) is 4.91. The van der Waals surface area contributed by atoms with Crippen molar-refractivity contribution in [3.05, 3.63) is 77.6 Å². The Labute approximate surface area is 147 Å². The van der Waals surface area contributed by atoms with Gasteiger partial charge in [-0.05, 0) is 44.5 Å². The normalized spacial score (nSPS) is 12.2. The van der Waals surface area contributed by atoms with Gasteiger partial charge in [-0.2, -0.15) is 0 Å². The summed E-state index contributed by atoms with van der Waals surface area (Å²) < 4.78 is 5.94. The molecule has 0 aliphatic rings. The number of halogens is 1. The Morgan fingerprint density at radius 3 is 2.54 bits per heavy atom. The number of aromatic nitrogens is 2. The van der Waals surface area contributed by atoms with Crippen molar-refractivity contribution in [2.45, 2.75) is 19.8 Å². The van der Waals surface area contributed by atoms with E-state index in [1.807, 2.05) is 62.4 Å². The van der Waals surface area contributed by atoms with E-state index in [1.54, 1.807) is 0 Å². The molecule has 0 saturated heterocycles. The molecule has 1 unspecified atom stereocenters. The van der Waals surface area contributed by atoms with E-state index in [4.69, 9.17) is 16.3 Å². The van der Waals surface area contributed by atoms with Crippen LogP contribution >= 0.6 is 11.6 Å². The molecule has 1 heterocycles. The van der Waals surface area contributed by atoms with Crippen molar-refractivity contribution < 1.29 is 4.74 Å². The minimum atomic E-state index is -0.0588. The highest BCUT2D eigenvalue weighted by Gasteiger charge is 2.17. The van der Waals surface area contributed by atoms with Crippen molar-refractivity contribution in [3.8, 4) is 17.0 Å². The SMILES string of the molecule is [CH2]C(COc1ccccc1C)c1[nH]c(C)nc1-c1ccc(Cl)cc1. The molecule has 0 bridgehead atoms. The third-order valence-electron chi connectivity index (χ3n) is 3.91. The highest BCUT2D eigenvalue weighted by atomic mass is 35.5. The zero-order chi connectivity index (χ0) is 17.1. The van der Waals surface area contributed by atoms with E-state index >= 15 is 0 Å². The minimum Gasteiger partial charge on any atom is -0.493 e. The topological polar surface area (TPSA) is 37.9 Å². The lowest BCUT2D eigenvalue weighted by atomic mass is 10.0. The third-order valence-corrected chi connectivity index (χ3v) is 4.16. The largest absolute Gasteiger partial charge is 0.493 e. The van der Waals surface area contributed by atoms with Crippen molar-refractivity contribution >= 4 is 11.6 Å². The summed E-state index contributed by atoms with van der Waals surface area (Å²) in [5, 5.41) is 0.710. The first-order valence-electron chi connectivity index (χ1n) is 7.88. The molecule has 2 aromatic carbocycles. The zero-order valence-electron chi connectivity index (χ0n) is 13.8. The van der Waals surface area contributed by atoms with Crippen molar-refractivity contribution in [1.29, 1.82) is 0 Å². The first-order chi connectivity index (χ1) is 11.5. The van der Waals surface area contributed by atoms with E-state index in [0.29, 0.717) is 11.6 Å². The smallest absolute Gasteiger partial charge is 0.122 e. The minimum absolute atomic E-state index is 0.0588. The van der Waals surface area contributed by atoms with Crippen LogP contribution in [0, 0.1) is 20.8 Å². The number of aryl methyl sites for hydroxylation is 2. The average Bonchev–Trinajstić information content (AvgIpc) is 2.96. The summed E-state index contributed by atoms with van der Waals surface area (Å²) in [6.07, 6.45) is 0. The summed E-state index contributed by atoms with van der Waals surface area (Å²) in [6.45, 7) is 8.70. The fourth-order valence-corrected chi connectivity index (χ4v) is 2.75. The van der Waals surface area contributed by atoms with E-state index in [-0.39, 0.29) is 5.92 Å². The van der Waals surface area contributed by atoms with Crippen LogP contribution in [0.5, 0.6) is 5.75 Å². The second kappa shape index (κ2) is 7.10. The molecule has 3 aromatic rings. The fourth-order valence-electron chi connectivity index (χ4n) is 2.63. The highest BCUT2D eigenvalue weighted by molar-refractivity contribution is 6.30. The number of ether oxygens (including phenoxy) is 1. The van der Waals surface area contributed by atoms with Crippen molar-refractivity contribution in [2.75, 3.05) is 6.61 Å². The van der Waals surface area contributed by atoms with Gasteiger partial charge in [-0.25, -0.2) is 4.98 Å². The Balaban J connectivity index is 1.81. The van der Waals surface area contributed by atoms with Crippen LogP contribution in [0.4, 0.5) is 0 Å². The number of aromatic amines is 1.